The Morgan fingerprint density at radius 3 is 2.53 bits per heavy atom. The summed E-state index contributed by atoms with van der Waals surface area (Å²) in [4.78, 5) is 31.4. The number of carboxylic acids is 1. The third kappa shape index (κ3) is 5.01. The van der Waals surface area contributed by atoms with Crippen molar-refractivity contribution in [1.82, 2.24) is 14.5 Å². The Hall–Kier alpha value is -3.76. The summed E-state index contributed by atoms with van der Waals surface area (Å²) < 4.78 is 39.7. The summed E-state index contributed by atoms with van der Waals surface area (Å²) in [6.45, 7) is 10.7. The van der Waals surface area contributed by atoms with Gasteiger partial charge < -0.3 is 23.9 Å². The number of hydrogen-bond donors (Lipinski definition) is 1. The lowest BCUT2D eigenvalue weighted by Gasteiger charge is -2.47. The van der Waals surface area contributed by atoms with Crippen LogP contribution in [0.2, 0.25) is 0 Å². The summed E-state index contributed by atoms with van der Waals surface area (Å²) in [5.74, 6) is 0.0360. The molecule has 0 aliphatic carbocycles. The number of amides is 1. The minimum absolute atomic E-state index is 0.0213. The van der Waals surface area contributed by atoms with Crippen molar-refractivity contribution in [2.75, 3.05) is 24.5 Å². The maximum absolute atomic E-state index is 13.3. The number of carboxylic acid groups (broad SMARTS) is 1. The van der Waals surface area contributed by atoms with E-state index in [2.05, 4.69) is 47.7 Å². The van der Waals surface area contributed by atoms with Crippen LogP contribution in [0.1, 0.15) is 54.3 Å². The van der Waals surface area contributed by atoms with Gasteiger partial charge in [-0.25, -0.2) is 9.78 Å². The molecule has 5 rings (SSSR count). The van der Waals surface area contributed by atoms with Gasteiger partial charge in [0.25, 0.3) is 5.91 Å². The Morgan fingerprint density at radius 2 is 1.92 bits per heavy atom. The minimum atomic E-state index is -5.08. The van der Waals surface area contributed by atoms with Gasteiger partial charge in [-0.1, -0.05) is 13.8 Å². The number of anilines is 1. The van der Waals surface area contributed by atoms with Crippen LogP contribution in [-0.4, -0.2) is 57.2 Å². The van der Waals surface area contributed by atoms with E-state index < -0.39 is 12.1 Å². The molecule has 204 valence electrons. The zero-order valence-corrected chi connectivity index (χ0v) is 21.7. The summed E-state index contributed by atoms with van der Waals surface area (Å²) in [5, 5.41) is 7.12. The molecule has 0 radical (unpaired) electrons. The van der Waals surface area contributed by atoms with Gasteiger partial charge in [0.2, 0.25) is 0 Å². The molecule has 0 aromatic carbocycles. The predicted molar refractivity (Wildman–Crippen MR) is 134 cm³/mol. The molecule has 1 saturated heterocycles. The number of aromatic nitrogens is 2. The molecule has 5 heterocycles. The van der Waals surface area contributed by atoms with Crippen molar-refractivity contribution >= 4 is 17.6 Å². The second-order valence-corrected chi connectivity index (χ2v) is 10.1. The number of likely N-dealkylation sites (tertiary alicyclic amines) is 1. The van der Waals surface area contributed by atoms with Gasteiger partial charge in [0.05, 0.1) is 17.9 Å². The maximum atomic E-state index is 13.3. The van der Waals surface area contributed by atoms with E-state index in [1.807, 2.05) is 37.1 Å². The van der Waals surface area contributed by atoms with Crippen molar-refractivity contribution in [3.8, 4) is 5.82 Å². The first kappa shape index (κ1) is 27.3. The van der Waals surface area contributed by atoms with Crippen LogP contribution in [0, 0.1) is 19.8 Å². The van der Waals surface area contributed by atoms with E-state index >= 15 is 0 Å². The van der Waals surface area contributed by atoms with Crippen molar-refractivity contribution in [2.24, 2.45) is 5.92 Å². The van der Waals surface area contributed by atoms with Crippen LogP contribution in [-0.2, 0) is 10.3 Å². The number of carbonyl (C=O) groups is 2. The van der Waals surface area contributed by atoms with Crippen molar-refractivity contribution in [3.05, 3.63) is 65.5 Å². The van der Waals surface area contributed by atoms with Crippen LogP contribution in [0.25, 0.3) is 5.82 Å². The highest BCUT2D eigenvalue weighted by Crippen LogP contribution is 2.47. The highest BCUT2D eigenvalue weighted by molar-refractivity contribution is 5.92. The van der Waals surface area contributed by atoms with Gasteiger partial charge in [0, 0.05) is 25.5 Å². The highest BCUT2D eigenvalue weighted by atomic mass is 19.4. The third-order valence-corrected chi connectivity index (χ3v) is 7.11. The van der Waals surface area contributed by atoms with E-state index in [0.717, 1.165) is 42.2 Å². The standard InChI is InChI=1S/C25H30N4O2.C2HF3O2/c1-17(2)9-13-29-20-7-5-11-26-23(20)28-12-6-8-22(28)25(29)10-14-27(16-25)24(30)21-15-18(3)19(4)31-21;3-2(4,5)1(6)7/h5-8,11-12,15,17H,9-10,13-14,16H2,1-4H3;(H,6,7). The minimum Gasteiger partial charge on any atom is -0.475 e. The number of hydrogen-bond acceptors (Lipinski definition) is 5. The average molecular weight is 533 g/mol. The van der Waals surface area contributed by atoms with E-state index in [1.165, 1.54) is 5.69 Å². The van der Waals surface area contributed by atoms with Crippen LogP contribution in [0.3, 0.4) is 0 Å². The smallest absolute Gasteiger partial charge is 0.475 e. The van der Waals surface area contributed by atoms with Crippen molar-refractivity contribution in [3.63, 3.8) is 0 Å². The van der Waals surface area contributed by atoms with E-state index in [-0.39, 0.29) is 11.4 Å². The Kier molecular flexibility index (Phi) is 7.31. The van der Waals surface area contributed by atoms with E-state index in [4.69, 9.17) is 19.3 Å². The molecule has 38 heavy (non-hydrogen) atoms. The van der Waals surface area contributed by atoms with Crippen LogP contribution in [0.5, 0.6) is 0 Å². The number of furan rings is 1. The number of carbonyl (C=O) groups excluding carboxylic acids is 1. The van der Waals surface area contributed by atoms with Crippen LogP contribution < -0.4 is 4.90 Å². The fraction of sp³-hybridized carbons (Fsp3) is 0.444. The number of fused-ring (bicyclic) bond motifs is 4. The van der Waals surface area contributed by atoms with Gasteiger partial charge in [-0.15, -0.1) is 0 Å². The fourth-order valence-corrected chi connectivity index (χ4v) is 5.05. The Morgan fingerprint density at radius 1 is 1.21 bits per heavy atom. The molecule has 8 nitrogen and oxygen atoms in total. The van der Waals surface area contributed by atoms with Crippen molar-refractivity contribution in [2.45, 2.75) is 52.3 Å². The topological polar surface area (TPSA) is 91.8 Å². The quantitative estimate of drug-likeness (QED) is 0.489. The first-order chi connectivity index (χ1) is 17.8. The zero-order valence-electron chi connectivity index (χ0n) is 21.7. The van der Waals surface area contributed by atoms with Gasteiger partial charge in [-0.3, -0.25) is 4.79 Å². The lowest BCUT2D eigenvalue weighted by atomic mass is 9.88. The normalized spacial score (nSPS) is 18.3. The Labute approximate surface area is 218 Å². The first-order valence-corrected chi connectivity index (χ1v) is 12.4. The number of alkyl halides is 3. The molecular weight excluding hydrogens is 501 g/mol. The predicted octanol–water partition coefficient (Wildman–Crippen LogP) is 5.32. The molecule has 1 spiro atoms. The Bertz CT molecular complexity index is 1310. The highest BCUT2D eigenvalue weighted by Gasteiger charge is 2.51. The zero-order chi connectivity index (χ0) is 27.8. The molecule has 11 heteroatoms. The number of aryl methyl sites for hydroxylation is 2. The van der Waals surface area contributed by atoms with Gasteiger partial charge in [-0.05, 0) is 68.5 Å². The second-order valence-electron chi connectivity index (χ2n) is 10.1. The van der Waals surface area contributed by atoms with E-state index in [9.17, 15) is 18.0 Å². The molecule has 1 amide bonds. The van der Waals surface area contributed by atoms with Gasteiger partial charge in [-0.2, -0.15) is 13.2 Å². The van der Waals surface area contributed by atoms with Crippen LogP contribution in [0.4, 0.5) is 18.9 Å². The maximum Gasteiger partial charge on any atom is 0.490 e. The average Bonchev–Trinajstić information content (AvgIpc) is 3.58. The molecule has 1 unspecified atom stereocenters. The molecule has 2 aliphatic rings. The van der Waals surface area contributed by atoms with Crippen LogP contribution >= 0.6 is 0 Å². The number of aliphatic carboxylic acids is 1. The largest absolute Gasteiger partial charge is 0.490 e. The monoisotopic (exact) mass is 532 g/mol. The molecule has 2 aliphatic heterocycles. The molecule has 0 saturated carbocycles. The summed E-state index contributed by atoms with van der Waals surface area (Å²) >= 11 is 0. The number of halogens is 3. The van der Waals surface area contributed by atoms with E-state index in [0.29, 0.717) is 24.8 Å². The molecular formula is C27H31F3N4O4. The SMILES string of the molecule is Cc1cc(C(=O)N2CCC3(C2)c2cccn2-c2ncccc2N3CCC(C)C)oc1C.O=C(O)C(F)(F)F. The summed E-state index contributed by atoms with van der Waals surface area (Å²) in [6, 6.07) is 10.3. The van der Waals surface area contributed by atoms with Gasteiger partial charge in [0.15, 0.2) is 11.6 Å². The molecule has 1 atom stereocenters. The number of rotatable bonds is 4. The van der Waals surface area contributed by atoms with Gasteiger partial charge >= 0.3 is 12.1 Å². The van der Waals surface area contributed by atoms with Crippen molar-refractivity contribution in [1.29, 1.82) is 0 Å². The number of pyridine rings is 1. The molecule has 3 aromatic rings. The molecule has 0 bridgehead atoms. The lowest BCUT2D eigenvalue weighted by molar-refractivity contribution is -0.192. The molecule has 1 N–H and O–H groups in total. The van der Waals surface area contributed by atoms with Crippen LogP contribution in [0.15, 0.2) is 47.1 Å². The second kappa shape index (κ2) is 10.2. The first-order valence-electron chi connectivity index (χ1n) is 12.4. The van der Waals surface area contributed by atoms with Gasteiger partial charge in [0.1, 0.15) is 11.3 Å². The van der Waals surface area contributed by atoms with Crippen molar-refractivity contribution < 1.29 is 32.3 Å². The lowest BCUT2D eigenvalue weighted by Crippen LogP contribution is -2.53. The third-order valence-electron chi connectivity index (χ3n) is 7.11. The Balaban J connectivity index is 0.000000426. The summed E-state index contributed by atoms with van der Waals surface area (Å²) in [5.41, 5.74) is 3.11. The molecule has 1 fully saturated rings. The fourth-order valence-electron chi connectivity index (χ4n) is 5.05. The van der Waals surface area contributed by atoms with E-state index in [1.54, 1.807) is 0 Å². The summed E-state index contributed by atoms with van der Waals surface area (Å²) in [7, 11) is 0. The molecule has 3 aromatic heterocycles. The number of nitrogens with zero attached hydrogens (tertiary/aromatic N) is 4. The summed E-state index contributed by atoms with van der Waals surface area (Å²) in [6.07, 6.45) is 0.828.